The maximum absolute atomic E-state index is 12.0. The molecule has 1 heterocycles. The lowest BCUT2D eigenvalue weighted by atomic mass is 9.99. The summed E-state index contributed by atoms with van der Waals surface area (Å²) in [5.74, 6) is -0.765. The normalized spacial score (nSPS) is 21.7. The fraction of sp³-hybridized carbons (Fsp3) is 0.438. The topological polar surface area (TPSA) is 65.0 Å². The Morgan fingerprint density at radius 2 is 1.90 bits per heavy atom. The van der Waals surface area contributed by atoms with E-state index in [0.29, 0.717) is 5.56 Å². The van der Waals surface area contributed by atoms with E-state index in [1.165, 1.54) is 0 Å². The van der Waals surface area contributed by atoms with Gasteiger partial charge in [0.25, 0.3) is 0 Å². The fourth-order valence-electron chi connectivity index (χ4n) is 1.96. The second kappa shape index (κ2) is 5.31. The number of benzene rings is 1. The highest BCUT2D eigenvalue weighted by Gasteiger charge is 2.44. The summed E-state index contributed by atoms with van der Waals surface area (Å²) < 4.78 is 10.4. The molecule has 1 aromatic carbocycles. The molecule has 0 fully saturated rings. The third-order valence-corrected chi connectivity index (χ3v) is 2.91. The largest absolute Gasteiger partial charge is 0.460 e. The molecule has 1 aromatic rings. The molecular formula is C16H19NO4. The fourth-order valence-corrected chi connectivity index (χ4v) is 1.96. The van der Waals surface area contributed by atoms with E-state index >= 15 is 0 Å². The monoisotopic (exact) mass is 289 g/mol. The molecule has 0 bridgehead atoms. The summed E-state index contributed by atoms with van der Waals surface area (Å²) in [4.78, 5) is 28.2. The summed E-state index contributed by atoms with van der Waals surface area (Å²) in [6.45, 7) is 6.91. The molecule has 0 unspecified atom stereocenters. The van der Waals surface area contributed by atoms with Crippen molar-refractivity contribution >= 4 is 17.8 Å². The molecule has 0 saturated heterocycles. The summed E-state index contributed by atoms with van der Waals surface area (Å²) in [6.07, 6.45) is -0.139. The van der Waals surface area contributed by atoms with Crippen LogP contribution in [0.2, 0.25) is 0 Å². The molecule has 1 aliphatic heterocycles. The predicted octanol–water partition coefficient (Wildman–Crippen LogP) is 2.48. The SMILES string of the molecule is CC(C)(C)OC(=O)C[C@@]1(C)N=C(c2ccccc2)OC1=O. The van der Waals surface area contributed by atoms with Crippen LogP contribution in [0.1, 0.15) is 39.7 Å². The number of esters is 2. The number of ether oxygens (including phenoxy) is 2. The Balaban J connectivity index is 2.16. The molecule has 0 spiro atoms. The van der Waals surface area contributed by atoms with Crippen LogP contribution in [-0.4, -0.2) is 29.0 Å². The third-order valence-electron chi connectivity index (χ3n) is 2.91. The molecule has 0 radical (unpaired) electrons. The average molecular weight is 289 g/mol. The maximum atomic E-state index is 12.0. The molecule has 5 heteroatoms. The molecule has 112 valence electrons. The van der Waals surface area contributed by atoms with Crippen molar-refractivity contribution < 1.29 is 19.1 Å². The molecule has 21 heavy (non-hydrogen) atoms. The molecular weight excluding hydrogens is 270 g/mol. The van der Waals surface area contributed by atoms with E-state index in [1.54, 1.807) is 39.8 Å². The molecule has 0 saturated carbocycles. The van der Waals surface area contributed by atoms with E-state index in [2.05, 4.69) is 4.99 Å². The molecule has 0 amide bonds. The maximum Gasteiger partial charge on any atom is 0.341 e. The first kappa shape index (κ1) is 15.2. The first-order chi connectivity index (χ1) is 9.70. The number of hydrogen-bond donors (Lipinski definition) is 0. The Morgan fingerprint density at radius 1 is 1.29 bits per heavy atom. The van der Waals surface area contributed by atoms with Crippen LogP contribution in [0.4, 0.5) is 0 Å². The van der Waals surface area contributed by atoms with Crippen molar-refractivity contribution in [1.82, 2.24) is 0 Å². The first-order valence-corrected chi connectivity index (χ1v) is 6.79. The first-order valence-electron chi connectivity index (χ1n) is 6.79. The van der Waals surface area contributed by atoms with Gasteiger partial charge in [0.2, 0.25) is 5.90 Å². The number of aliphatic imine (C=N–C) groups is 1. The molecule has 2 rings (SSSR count). The van der Waals surface area contributed by atoms with Gasteiger partial charge in [0, 0.05) is 5.56 Å². The van der Waals surface area contributed by atoms with Gasteiger partial charge in [0.1, 0.15) is 5.60 Å². The van der Waals surface area contributed by atoms with Crippen LogP contribution >= 0.6 is 0 Å². The van der Waals surface area contributed by atoms with Crippen LogP contribution in [0.15, 0.2) is 35.3 Å². The van der Waals surface area contributed by atoms with E-state index in [-0.39, 0.29) is 12.3 Å². The zero-order valence-corrected chi connectivity index (χ0v) is 12.7. The van der Waals surface area contributed by atoms with Gasteiger partial charge < -0.3 is 9.47 Å². The van der Waals surface area contributed by atoms with Crippen LogP contribution in [0.25, 0.3) is 0 Å². The van der Waals surface area contributed by atoms with Gasteiger partial charge in [-0.15, -0.1) is 0 Å². The van der Waals surface area contributed by atoms with E-state index in [4.69, 9.17) is 9.47 Å². The zero-order chi connectivity index (χ0) is 15.7. The second-order valence-electron chi connectivity index (χ2n) is 6.21. The van der Waals surface area contributed by atoms with Crippen LogP contribution in [0.5, 0.6) is 0 Å². The van der Waals surface area contributed by atoms with Crippen LogP contribution in [0.3, 0.4) is 0 Å². The summed E-state index contributed by atoms with van der Waals surface area (Å²) in [7, 11) is 0. The number of carbonyl (C=O) groups excluding carboxylic acids is 2. The molecule has 0 aromatic heterocycles. The summed E-state index contributed by atoms with van der Waals surface area (Å²) in [6, 6.07) is 9.11. The quantitative estimate of drug-likeness (QED) is 0.802. The molecule has 1 atom stereocenters. The summed E-state index contributed by atoms with van der Waals surface area (Å²) in [5, 5.41) is 0. The van der Waals surface area contributed by atoms with Gasteiger partial charge in [-0.2, -0.15) is 0 Å². The van der Waals surface area contributed by atoms with E-state index in [0.717, 1.165) is 0 Å². The third kappa shape index (κ3) is 3.68. The summed E-state index contributed by atoms with van der Waals surface area (Å²) >= 11 is 0. The lowest BCUT2D eigenvalue weighted by Gasteiger charge is -2.22. The lowest BCUT2D eigenvalue weighted by molar-refractivity contribution is -0.158. The molecule has 1 aliphatic rings. The van der Waals surface area contributed by atoms with Crippen molar-refractivity contribution in [3.05, 3.63) is 35.9 Å². The number of carbonyl (C=O) groups is 2. The van der Waals surface area contributed by atoms with Crippen LogP contribution in [-0.2, 0) is 19.1 Å². The van der Waals surface area contributed by atoms with Gasteiger partial charge in [-0.1, -0.05) is 18.2 Å². The molecule has 5 nitrogen and oxygen atoms in total. The highest BCUT2D eigenvalue weighted by Crippen LogP contribution is 2.27. The summed E-state index contributed by atoms with van der Waals surface area (Å²) in [5.41, 5.74) is -1.12. The van der Waals surface area contributed by atoms with Crippen molar-refractivity contribution in [2.24, 2.45) is 4.99 Å². The minimum atomic E-state index is -1.23. The van der Waals surface area contributed by atoms with Crippen molar-refractivity contribution in [3.8, 4) is 0 Å². The predicted molar refractivity (Wildman–Crippen MR) is 77.9 cm³/mol. The van der Waals surface area contributed by atoms with Crippen molar-refractivity contribution in [3.63, 3.8) is 0 Å². The Labute approximate surface area is 124 Å². The number of rotatable bonds is 3. The number of nitrogens with zero attached hydrogens (tertiary/aromatic N) is 1. The van der Waals surface area contributed by atoms with Gasteiger partial charge in [-0.3, -0.25) is 4.79 Å². The van der Waals surface area contributed by atoms with E-state index in [1.807, 2.05) is 18.2 Å². The standard InChI is InChI=1S/C16H19NO4/c1-15(2,3)21-12(18)10-16(4)14(19)20-13(17-16)11-8-6-5-7-9-11/h5-9H,10H2,1-4H3/t16-/m1/s1. The molecule has 0 aliphatic carbocycles. The number of cyclic esters (lactones) is 1. The minimum Gasteiger partial charge on any atom is -0.460 e. The average Bonchev–Trinajstić information content (AvgIpc) is 2.64. The Hall–Kier alpha value is -2.17. The second-order valence-corrected chi connectivity index (χ2v) is 6.21. The van der Waals surface area contributed by atoms with Gasteiger partial charge >= 0.3 is 11.9 Å². The minimum absolute atomic E-state index is 0.139. The van der Waals surface area contributed by atoms with E-state index < -0.39 is 23.1 Å². The van der Waals surface area contributed by atoms with Crippen LogP contribution in [0, 0.1) is 0 Å². The van der Waals surface area contributed by atoms with Crippen molar-refractivity contribution in [2.45, 2.75) is 45.3 Å². The van der Waals surface area contributed by atoms with Crippen molar-refractivity contribution in [1.29, 1.82) is 0 Å². The van der Waals surface area contributed by atoms with Gasteiger partial charge in [0.15, 0.2) is 5.54 Å². The van der Waals surface area contributed by atoms with Gasteiger partial charge in [-0.25, -0.2) is 9.79 Å². The molecule has 0 N–H and O–H groups in total. The van der Waals surface area contributed by atoms with Crippen molar-refractivity contribution in [2.75, 3.05) is 0 Å². The highest BCUT2D eigenvalue weighted by molar-refractivity contribution is 6.08. The van der Waals surface area contributed by atoms with E-state index in [9.17, 15) is 9.59 Å². The van der Waals surface area contributed by atoms with Gasteiger partial charge in [0.05, 0.1) is 6.42 Å². The zero-order valence-electron chi connectivity index (χ0n) is 12.7. The Kier molecular flexibility index (Phi) is 3.85. The number of hydrogen-bond acceptors (Lipinski definition) is 5. The lowest BCUT2D eigenvalue weighted by Crippen LogP contribution is -2.35. The van der Waals surface area contributed by atoms with Crippen LogP contribution < -0.4 is 0 Å². The smallest absolute Gasteiger partial charge is 0.341 e. The Morgan fingerprint density at radius 3 is 2.48 bits per heavy atom. The Bertz CT molecular complexity index is 586. The highest BCUT2D eigenvalue weighted by atomic mass is 16.6. The van der Waals surface area contributed by atoms with Gasteiger partial charge in [-0.05, 0) is 39.8 Å².